The first-order chi connectivity index (χ1) is 5.77. The molecule has 0 aromatic rings. The van der Waals surface area contributed by atoms with Gasteiger partial charge in [0.2, 0.25) is 0 Å². The molecule has 2 fully saturated rings. The fourth-order valence-electron chi connectivity index (χ4n) is 2.55. The Morgan fingerprint density at radius 2 is 2.17 bits per heavy atom. The van der Waals surface area contributed by atoms with Crippen molar-refractivity contribution < 1.29 is 0 Å². The summed E-state index contributed by atoms with van der Waals surface area (Å²) < 4.78 is 0. The first kappa shape index (κ1) is 8.07. The van der Waals surface area contributed by atoms with E-state index in [2.05, 4.69) is 11.4 Å². The molecule has 2 unspecified atom stereocenters. The van der Waals surface area contributed by atoms with Gasteiger partial charge in [0.15, 0.2) is 0 Å². The molecule has 2 nitrogen and oxygen atoms in total. The van der Waals surface area contributed by atoms with Crippen LogP contribution in [-0.2, 0) is 0 Å². The molecule has 0 radical (unpaired) electrons. The highest BCUT2D eigenvalue weighted by molar-refractivity contribution is 5.11. The van der Waals surface area contributed by atoms with Gasteiger partial charge in [0.1, 0.15) is 0 Å². The second-order valence-corrected chi connectivity index (χ2v) is 4.34. The summed E-state index contributed by atoms with van der Waals surface area (Å²) in [6.45, 7) is 1.95. The summed E-state index contributed by atoms with van der Waals surface area (Å²) in [5, 5.41) is 12.0. The summed E-state index contributed by atoms with van der Waals surface area (Å²) in [7, 11) is 0. The van der Waals surface area contributed by atoms with Crippen molar-refractivity contribution in [3.05, 3.63) is 0 Å². The summed E-state index contributed by atoms with van der Waals surface area (Å²) >= 11 is 0. The number of nitrogens with zero attached hydrogens (tertiary/aromatic N) is 1. The van der Waals surface area contributed by atoms with E-state index in [1.54, 1.807) is 0 Å². The highest BCUT2D eigenvalue weighted by atomic mass is 15.0. The van der Waals surface area contributed by atoms with Crippen molar-refractivity contribution in [3.8, 4) is 6.07 Å². The molecule has 0 saturated heterocycles. The Morgan fingerprint density at radius 1 is 1.50 bits per heavy atom. The topological polar surface area (TPSA) is 35.8 Å². The molecule has 0 bridgehead atoms. The van der Waals surface area contributed by atoms with Crippen molar-refractivity contribution in [2.75, 3.05) is 0 Å². The van der Waals surface area contributed by atoms with Gasteiger partial charge in [-0.25, -0.2) is 0 Å². The average molecular weight is 164 g/mol. The molecule has 2 heteroatoms. The smallest absolute Gasteiger partial charge is 0.0926 e. The molecule has 2 aliphatic carbocycles. The van der Waals surface area contributed by atoms with Crippen LogP contribution in [0.25, 0.3) is 0 Å². The molecule has 0 heterocycles. The van der Waals surface area contributed by atoms with Gasteiger partial charge in [-0.3, -0.25) is 5.32 Å². The van der Waals surface area contributed by atoms with Crippen LogP contribution in [0.4, 0.5) is 0 Å². The van der Waals surface area contributed by atoms with E-state index in [4.69, 9.17) is 5.26 Å². The van der Waals surface area contributed by atoms with E-state index in [0.717, 1.165) is 0 Å². The Hall–Kier alpha value is -0.550. The molecule has 0 aromatic carbocycles. The van der Waals surface area contributed by atoms with E-state index in [1.807, 2.05) is 6.92 Å². The van der Waals surface area contributed by atoms with Crippen LogP contribution in [0.2, 0.25) is 0 Å². The highest BCUT2D eigenvalue weighted by Crippen LogP contribution is 2.57. The van der Waals surface area contributed by atoms with Crippen LogP contribution in [0.1, 0.15) is 39.0 Å². The van der Waals surface area contributed by atoms with Gasteiger partial charge in [0, 0.05) is 6.04 Å². The van der Waals surface area contributed by atoms with Crippen LogP contribution in [0.15, 0.2) is 0 Å². The number of rotatable bonds is 2. The lowest BCUT2D eigenvalue weighted by Crippen LogP contribution is -2.29. The third-order valence-electron chi connectivity index (χ3n) is 3.43. The average Bonchev–Trinajstić information content (AvgIpc) is 2.51. The van der Waals surface area contributed by atoms with Gasteiger partial charge in [-0.1, -0.05) is 12.8 Å². The predicted molar refractivity (Wildman–Crippen MR) is 47.5 cm³/mol. The summed E-state index contributed by atoms with van der Waals surface area (Å²) in [6.07, 6.45) is 6.91. The molecular formula is C10H16N2. The summed E-state index contributed by atoms with van der Waals surface area (Å²) in [5.41, 5.74) is 0.630. The molecule has 2 aliphatic rings. The Labute approximate surface area is 74.0 Å². The molecule has 0 aliphatic heterocycles. The van der Waals surface area contributed by atoms with Crippen LogP contribution >= 0.6 is 0 Å². The monoisotopic (exact) mass is 164 g/mol. The second-order valence-electron chi connectivity index (χ2n) is 4.34. The highest BCUT2D eigenvalue weighted by Gasteiger charge is 2.54. The van der Waals surface area contributed by atoms with E-state index < -0.39 is 0 Å². The molecule has 2 saturated carbocycles. The van der Waals surface area contributed by atoms with E-state index >= 15 is 0 Å². The van der Waals surface area contributed by atoms with Crippen LogP contribution < -0.4 is 5.32 Å². The standard InChI is InChI=1S/C10H16N2/c1-8(7-11)12-9-6-10(9)4-2-3-5-10/h8-9,12H,2-6H2,1H3. The summed E-state index contributed by atoms with van der Waals surface area (Å²) in [6, 6.07) is 2.93. The van der Waals surface area contributed by atoms with E-state index in [1.165, 1.54) is 32.1 Å². The first-order valence-corrected chi connectivity index (χ1v) is 4.92. The maximum Gasteiger partial charge on any atom is 0.0926 e. The normalized spacial score (nSPS) is 33.2. The van der Waals surface area contributed by atoms with Crippen LogP contribution in [0.5, 0.6) is 0 Å². The van der Waals surface area contributed by atoms with Crippen LogP contribution in [0.3, 0.4) is 0 Å². The molecule has 2 rings (SSSR count). The van der Waals surface area contributed by atoms with Crippen molar-refractivity contribution in [2.45, 2.75) is 51.1 Å². The van der Waals surface area contributed by atoms with E-state index in [9.17, 15) is 0 Å². The van der Waals surface area contributed by atoms with Crippen molar-refractivity contribution in [1.29, 1.82) is 5.26 Å². The molecule has 1 spiro atoms. The zero-order chi connectivity index (χ0) is 8.60. The largest absolute Gasteiger partial charge is 0.299 e. The molecular weight excluding hydrogens is 148 g/mol. The predicted octanol–water partition coefficient (Wildman–Crippen LogP) is 1.82. The van der Waals surface area contributed by atoms with Crippen molar-refractivity contribution >= 4 is 0 Å². The second kappa shape index (κ2) is 2.74. The van der Waals surface area contributed by atoms with Gasteiger partial charge >= 0.3 is 0 Å². The van der Waals surface area contributed by atoms with E-state index in [-0.39, 0.29) is 6.04 Å². The maximum atomic E-state index is 8.63. The van der Waals surface area contributed by atoms with Crippen LogP contribution in [-0.4, -0.2) is 12.1 Å². The molecule has 1 N–H and O–H groups in total. The van der Waals surface area contributed by atoms with Crippen molar-refractivity contribution in [1.82, 2.24) is 5.32 Å². The lowest BCUT2D eigenvalue weighted by molar-refractivity contribution is 0.459. The summed E-state index contributed by atoms with van der Waals surface area (Å²) in [4.78, 5) is 0. The van der Waals surface area contributed by atoms with Crippen molar-refractivity contribution in [3.63, 3.8) is 0 Å². The fourth-order valence-corrected chi connectivity index (χ4v) is 2.55. The maximum absolute atomic E-state index is 8.63. The Morgan fingerprint density at radius 3 is 2.75 bits per heavy atom. The summed E-state index contributed by atoms with van der Waals surface area (Å²) in [5.74, 6) is 0. The van der Waals surface area contributed by atoms with Gasteiger partial charge in [-0.2, -0.15) is 5.26 Å². The number of hydrogen-bond donors (Lipinski definition) is 1. The fraction of sp³-hybridized carbons (Fsp3) is 0.900. The third kappa shape index (κ3) is 1.23. The number of nitrogens with one attached hydrogen (secondary N) is 1. The third-order valence-corrected chi connectivity index (χ3v) is 3.43. The van der Waals surface area contributed by atoms with E-state index in [0.29, 0.717) is 11.5 Å². The lowest BCUT2D eigenvalue weighted by atomic mass is 10.1. The first-order valence-electron chi connectivity index (χ1n) is 4.92. The van der Waals surface area contributed by atoms with Gasteiger partial charge in [-0.15, -0.1) is 0 Å². The minimum absolute atomic E-state index is 0.0370. The molecule has 0 amide bonds. The molecule has 0 aromatic heterocycles. The van der Waals surface area contributed by atoms with Crippen LogP contribution in [0, 0.1) is 16.7 Å². The minimum atomic E-state index is 0.0370. The Balaban J connectivity index is 1.84. The zero-order valence-electron chi connectivity index (χ0n) is 7.64. The number of nitriles is 1. The van der Waals surface area contributed by atoms with Gasteiger partial charge in [0.25, 0.3) is 0 Å². The molecule has 66 valence electrons. The Bertz CT molecular complexity index is 210. The molecule has 12 heavy (non-hydrogen) atoms. The minimum Gasteiger partial charge on any atom is -0.299 e. The van der Waals surface area contributed by atoms with Crippen molar-refractivity contribution in [2.24, 2.45) is 5.41 Å². The van der Waals surface area contributed by atoms with Gasteiger partial charge in [-0.05, 0) is 31.6 Å². The SMILES string of the molecule is CC(C#N)NC1CC12CCCC2. The Kier molecular flexibility index (Phi) is 1.84. The molecule has 2 atom stereocenters. The zero-order valence-corrected chi connectivity index (χ0v) is 7.64. The lowest BCUT2D eigenvalue weighted by Gasteiger charge is -2.10. The number of hydrogen-bond acceptors (Lipinski definition) is 2. The quantitative estimate of drug-likeness (QED) is 0.675. The van der Waals surface area contributed by atoms with Gasteiger partial charge < -0.3 is 0 Å². The van der Waals surface area contributed by atoms with Gasteiger partial charge in [0.05, 0.1) is 12.1 Å².